The van der Waals surface area contributed by atoms with E-state index in [1.165, 1.54) is 13.3 Å². The van der Waals surface area contributed by atoms with E-state index in [4.69, 9.17) is 0 Å². The summed E-state index contributed by atoms with van der Waals surface area (Å²) in [6.07, 6.45) is 3.14. The zero-order valence-corrected chi connectivity index (χ0v) is 14.4. The fourth-order valence-electron chi connectivity index (χ4n) is 2.52. The lowest BCUT2D eigenvalue weighted by molar-refractivity contribution is -0.114. The van der Waals surface area contributed by atoms with Gasteiger partial charge in [-0.15, -0.1) is 0 Å². The molecule has 0 aliphatic heterocycles. The van der Waals surface area contributed by atoms with Gasteiger partial charge >= 0.3 is 0 Å². The van der Waals surface area contributed by atoms with Gasteiger partial charge < -0.3 is 20.9 Å². The number of aromatic nitrogens is 5. The van der Waals surface area contributed by atoms with Crippen molar-refractivity contribution in [1.29, 1.82) is 0 Å². The minimum atomic E-state index is -0.112. The molecule has 0 atom stereocenters. The minimum absolute atomic E-state index is 0.112. The highest BCUT2D eigenvalue weighted by Gasteiger charge is 2.10. The first-order valence-corrected chi connectivity index (χ1v) is 8.21. The number of nitrogens with one attached hydrogen (secondary N) is 4. The lowest BCUT2D eigenvalue weighted by Gasteiger charge is -2.07. The van der Waals surface area contributed by atoms with Gasteiger partial charge in [-0.1, -0.05) is 6.07 Å². The van der Waals surface area contributed by atoms with Crippen molar-refractivity contribution in [2.75, 3.05) is 16.0 Å². The molecule has 0 spiro atoms. The molecule has 0 radical (unpaired) electrons. The van der Waals surface area contributed by atoms with Crippen LogP contribution < -0.4 is 16.0 Å². The molecule has 4 rings (SSSR count). The second-order valence-corrected chi connectivity index (χ2v) is 5.73. The Morgan fingerprint density at radius 2 is 1.78 bits per heavy atom. The van der Waals surface area contributed by atoms with E-state index in [0.717, 1.165) is 11.4 Å². The van der Waals surface area contributed by atoms with Crippen molar-refractivity contribution in [1.82, 2.24) is 24.9 Å². The van der Waals surface area contributed by atoms with Crippen molar-refractivity contribution in [2.24, 2.45) is 0 Å². The van der Waals surface area contributed by atoms with E-state index in [-0.39, 0.29) is 5.91 Å². The zero-order chi connectivity index (χ0) is 18.6. The predicted octanol–water partition coefficient (Wildman–Crippen LogP) is 3.19. The third-order valence-corrected chi connectivity index (χ3v) is 3.67. The van der Waals surface area contributed by atoms with Gasteiger partial charge in [-0.2, -0.15) is 4.98 Å². The highest BCUT2D eigenvalue weighted by atomic mass is 16.1. The van der Waals surface area contributed by atoms with Crippen LogP contribution in [0.15, 0.2) is 55.0 Å². The largest absolute Gasteiger partial charge is 0.338 e. The first kappa shape index (κ1) is 16.5. The Bertz CT molecular complexity index is 1080. The summed E-state index contributed by atoms with van der Waals surface area (Å²) in [5.41, 5.74) is 2.74. The van der Waals surface area contributed by atoms with E-state index >= 15 is 0 Å². The highest BCUT2D eigenvalue weighted by molar-refractivity contribution is 5.89. The average Bonchev–Trinajstić information content (AvgIpc) is 3.07. The molecule has 1 amide bonds. The third kappa shape index (κ3) is 3.82. The van der Waals surface area contributed by atoms with E-state index in [1.54, 1.807) is 6.20 Å². The summed E-state index contributed by atoms with van der Waals surface area (Å²) in [6.45, 7) is 1.47. The van der Waals surface area contributed by atoms with Crippen LogP contribution in [0.1, 0.15) is 6.92 Å². The highest BCUT2D eigenvalue weighted by Crippen LogP contribution is 2.24. The number of nitrogens with zero attached hydrogens (tertiary/aromatic N) is 4. The summed E-state index contributed by atoms with van der Waals surface area (Å²) < 4.78 is 0. The Morgan fingerprint density at radius 3 is 2.52 bits per heavy atom. The number of pyridine rings is 1. The van der Waals surface area contributed by atoms with Gasteiger partial charge in [0, 0.05) is 24.5 Å². The number of hydrogen-bond donors (Lipinski definition) is 4. The number of amides is 1. The van der Waals surface area contributed by atoms with Crippen molar-refractivity contribution < 1.29 is 4.79 Å². The quantitative estimate of drug-likeness (QED) is 0.431. The minimum Gasteiger partial charge on any atom is -0.338 e. The Balaban J connectivity index is 1.57. The Labute approximate surface area is 154 Å². The Morgan fingerprint density at radius 1 is 0.963 bits per heavy atom. The number of imidazole rings is 1. The van der Waals surface area contributed by atoms with Crippen LogP contribution >= 0.6 is 0 Å². The maximum absolute atomic E-state index is 11.1. The molecule has 0 aliphatic carbocycles. The van der Waals surface area contributed by atoms with Gasteiger partial charge in [0.05, 0.1) is 0 Å². The number of carbonyl (C=O) groups excluding carboxylic acids is 1. The van der Waals surface area contributed by atoms with Crippen molar-refractivity contribution >= 4 is 46.0 Å². The molecule has 9 heteroatoms. The van der Waals surface area contributed by atoms with Gasteiger partial charge in [0.2, 0.25) is 11.9 Å². The van der Waals surface area contributed by atoms with E-state index in [1.807, 2.05) is 42.5 Å². The lowest BCUT2D eigenvalue weighted by atomic mass is 10.2. The molecular formula is C18H16N8O. The molecule has 27 heavy (non-hydrogen) atoms. The first-order chi connectivity index (χ1) is 13.2. The Hall–Kier alpha value is -4.01. The fourth-order valence-corrected chi connectivity index (χ4v) is 2.52. The van der Waals surface area contributed by atoms with Gasteiger partial charge in [0.15, 0.2) is 11.5 Å². The van der Waals surface area contributed by atoms with Crippen molar-refractivity contribution in [3.05, 3.63) is 55.0 Å². The molecule has 4 aromatic rings. The monoisotopic (exact) mass is 360 g/mol. The molecule has 3 heterocycles. The van der Waals surface area contributed by atoms with Crippen LogP contribution in [0.25, 0.3) is 11.2 Å². The summed E-state index contributed by atoms with van der Waals surface area (Å²) in [6, 6.07) is 12.9. The van der Waals surface area contributed by atoms with Crippen LogP contribution in [0.3, 0.4) is 0 Å². The molecule has 0 saturated heterocycles. The van der Waals surface area contributed by atoms with Crippen LogP contribution in [0.4, 0.5) is 29.0 Å². The smallest absolute Gasteiger partial charge is 0.221 e. The van der Waals surface area contributed by atoms with E-state index < -0.39 is 0 Å². The van der Waals surface area contributed by atoms with Crippen LogP contribution in [0.5, 0.6) is 0 Å². The lowest BCUT2D eigenvalue weighted by Crippen LogP contribution is -2.05. The average molecular weight is 360 g/mol. The number of rotatable bonds is 5. The van der Waals surface area contributed by atoms with Crippen molar-refractivity contribution in [2.45, 2.75) is 6.92 Å². The van der Waals surface area contributed by atoms with Crippen molar-refractivity contribution in [3.8, 4) is 0 Å². The summed E-state index contributed by atoms with van der Waals surface area (Å²) in [4.78, 5) is 31.4. The van der Waals surface area contributed by atoms with Gasteiger partial charge in [-0.05, 0) is 36.4 Å². The van der Waals surface area contributed by atoms with Gasteiger partial charge in [-0.3, -0.25) is 4.79 Å². The molecule has 4 N–H and O–H groups in total. The molecule has 3 aromatic heterocycles. The number of anilines is 5. The third-order valence-electron chi connectivity index (χ3n) is 3.67. The van der Waals surface area contributed by atoms with Crippen LogP contribution in [0, 0.1) is 0 Å². The zero-order valence-electron chi connectivity index (χ0n) is 14.4. The predicted molar refractivity (Wildman–Crippen MR) is 103 cm³/mol. The van der Waals surface area contributed by atoms with Crippen LogP contribution in [-0.4, -0.2) is 30.8 Å². The molecule has 9 nitrogen and oxygen atoms in total. The number of fused-ring (bicyclic) bond motifs is 1. The number of carbonyl (C=O) groups is 1. The maximum atomic E-state index is 11.1. The van der Waals surface area contributed by atoms with E-state index in [9.17, 15) is 4.79 Å². The summed E-state index contributed by atoms with van der Waals surface area (Å²) in [5, 5.41) is 9.05. The number of aromatic amines is 1. The molecule has 134 valence electrons. The molecule has 0 fully saturated rings. The SMILES string of the molecule is CC(=O)Nc1ccc(Nc2ncnc3nc(Nc4ccccn4)[nH]c23)cc1. The Kier molecular flexibility index (Phi) is 4.32. The molecule has 0 aliphatic rings. The number of H-pyrrole nitrogens is 1. The second-order valence-electron chi connectivity index (χ2n) is 5.73. The fraction of sp³-hybridized carbons (Fsp3) is 0.0556. The normalized spacial score (nSPS) is 10.6. The standard InChI is InChI=1S/C18H16N8O/c1-11(27)22-12-5-7-13(8-6-12)23-16-15-17(21-10-20-16)26-18(25-15)24-14-4-2-3-9-19-14/h2-10H,1H3,(H,22,27)(H3,19,20,21,23,24,25,26). The van der Waals surface area contributed by atoms with E-state index in [0.29, 0.717) is 28.7 Å². The van der Waals surface area contributed by atoms with Crippen molar-refractivity contribution in [3.63, 3.8) is 0 Å². The summed E-state index contributed by atoms with van der Waals surface area (Å²) >= 11 is 0. The number of hydrogen-bond acceptors (Lipinski definition) is 7. The van der Waals surface area contributed by atoms with E-state index in [2.05, 4.69) is 40.9 Å². The van der Waals surface area contributed by atoms with Crippen LogP contribution in [0.2, 0.25) is 0 Å². The first-order valence-electron chi connectivity index (χ1n) is 8.21. The van der Waals surface area contributed by atoms with Gasteiger partial charge in [-0.25, -0.2) is 15.0 Å². The molecule has 0 unspecified atom stereocenters. The van der Waals surface area contributed by atoms with Crippen LogP contribution in [-0.2, 0) is 4.79 Å². The van der Waals surface area contributed by atoms with Gasteiger partial charge in [0.1, 0.15) is 17.7 Å². The van der Waals surface area contributed by atoms with Gasteiger partial charge in [0.25, 0.3) is 0 Å². The topological polar surface area (TPSA) is 121 Å². The molecular weight excluding hydrogens is 344 g/mol. The maximum Gasteiger partial charge on any atom is 0.221 e. The molecule has 0 saturated carbocycles. The number of benzene rings is 1. The molecule has 1 aromatic carbocycles. The summed E-state index contributed by atoms with van der Waals surface area (Å²) in [7, 11) is 0. The second kappa shape index (κ2) is 7.08. The molecule has 0 bridgehead atoms. The summed E-state index contributed by atoms with van der Waals surface area (Å²) in [5.74, 6) is 1.67.